The Hall–Kier alpha value is -2.60. The summed E-state index contributed by atoms with van der Waals surface area (Å²) < 4.78 is 10.7. The molecule has 1 fully saturated rings. The van der Waals surface area contributed by atoms with Gasteiger partial charge in [0.25, 0.3) is 5.91 Å². The number of benzene rings is 1. The van der Waals surface area contributed by atoms with Gasteiger partial charge in [0.1, 0.15) is 11.6 Å². The molecule has 142 valence electrons. The second-order valence-corrected chi connectivity index (χ2v) is 6.93. The molecule has 0 unspecified atom stereocenters. The SMILES string of the molecule is COc1ccc2c(c1)CCN(c1cc(C(=O)N3CCOCC3)ccn1)CC2. The third kappa shape index (κ3) is 3.90. The molecule has 2 aliphatic heterocycles. The summed E-state index contributed by atoms with van der Waals surface area (Å²) in [5.41, 5.74) is 3.39. The monoisotopic (exact) mass is 367 g/mol. The lowest BCUT2D eigenvalue weighted by molar-refractivity contribution is 0.0303. The molecule has 1 aromatic carbocycles. The van der Waals surface area contributed by atoms with Gasteiger partial charge in [-0.1, -0.05) is 6.07 Å². The second-order valence-electron chi connectivity index (χ2n) is 6.93. The minimum absolute atomic E-state index is 0.0600. The van der Waals surface area contributed by atoms with Gasteiger partial charge < -0.3 is 19.3 Å². The van der Waals surface area contributed by atoms with E-state index in [9.17, 15) is 4.79 Å². The summed E-state index contributed by atoms with van der Waals surface area (Å²) in [6.45, 7) is 4.29. The van der Waals surface area contributed by atoms with Crippen molar-refractivity contribution in [1.29, 1.82) is 0 Å². The third-order valence-corrected chi connectivity index (χ3v) is 5.33. The van der Waals surface area contributed by atoms with Crippen molar-refractivity contribution in [3.05, 3.63) is 53.2 Å². The largest absolute Gasteiger partial charge is 0.497 e. The Balaban J connectivity index is 1.50. The van der Waals surface area contributed by atoms with E-state index in [4.69, 9.17) is 9.47 Å². The molecule has 0 atom stereocenters. The average molecular weight is 367 g/mol. The summed E-state index contributed by atoms with van der Waals surface area (Å²) in [6.07, 6.45) is 3.64. The van der Waals surface area contributed by atoms with E-state index in [0.29, 0.717) is 31.9 Å². The molecular weight excluding hydrogens is 342 g/mol. The summed E-state index contributed by atoms with van der Waals surface area (Å²) in [7, 11) is 1.70. The van der Waals surface area contributed by atoms with E-state index < -0.39 is 0 Å². The molecule has 3 heterocycles. The summed E-state index contributed by atoms with van der Waals surface area (Å²) in [6, 6.07) is 10.0. The zero-order chi connectivity index (χ0) is 18.6. The molecule has 0 saturated carbocycles. The van der Waals surface area contributed by atoms with Crippen molar-refractivity contribution in [2.24, 2.45) is 0 Å². The van der Waals surface area contributed by atoms with Crippen LogP contribution in [-0.4, -0.2) is 62.3 Å². The highest BCUT2D eigenvalue weighted by Gasteiger charge is 2.21. The van der Waals surface area contributed by atoms with Crippen molar-refractivity contribution in [3.63, 3.8) is 0 Å². The first-order valence-electron chi connectivity index (χ1n) is 9.48. The number of fused-ring (bicyclic) bond motifs is 1. The number of ether oxygens (including phenoxy) is 2. The fourth-order valence-corrected chi connectivity index (χ4v) is 3.73. The molecule has 2 aromatic rings. The topological polar surface area (TPSA) is 54.9 Å². The van der Waals surface area contributed by atoms with E-state index in [-0.39, 0.29) is 5.91 Å². The van der Waals surface area contributed by atoms with Gasteiger partial charge in [0.2, 0.25) is 0 Å². The highest BCUT2D eigenvalue weighted by atomic mass is 16.5. The van der Waals surface area contributed by atoms with Gasteiger partial charge in [0.05, 0.1) is 20.3 Å². The van der Waals surface area contributed by atoms with E-state index in [1.165, 1.54) is 11.1 Å². The normalized spacial score (nSPS) is 17.2. The lowest BCUT2D eigenvalue weighted by Crippen LogP contribution is -2.40. The predicted octanol–water partition coefficient (Wildman–Crippen LogP) is 2.17. The molecule has 1 saturated heterocycles. The fourth-order valence-electron chi connectivity index (χ4n) is 3.73. The molecule has 0 radical (unpaired) electrons. The van der Waals surface area contributed by atoms with Crippen LogP contribution in [0.4, 0.5) is 5.82 Å². The Labute approximate surface area is 159 Å². The molecule has 0 bridgehead atoms. The molecule has 6 heteroatoms. The summed E-state index contributed by atoms with van der Waals surface area (Å²) in [5, 5.41) is 0. The Morgan fingerprint density at radius 2 is 1.81 bits per heavy atom. The molecular formula is C21H25N3O3. The second kappa shape index (κ2) is 7.96. The van der Waals surface area contributed by atoms with Gasteiger partial charge in [0, 0.05) is 37.9 Å². The van der Waals surface area contributed by atoms with Gasteiger partial charge in [-0.15, -0.1) is 0 Å². The van der Waals surface area contributed by atoms with E-state index in [1.54, 1.807) is 19.4 Å². The number of hydrogen-bond acceptors (Lipinski definition) is 5. The molecule has 2 aliphatic rings. The van der Waals surface area contributed by atoms with Crippen LogP contribution in [0.15, 0.2) is 36.5 Å². The quantitative estimate of drug-likeness (QED) is 0.832. The van der Waals surface area contributed by atoms with Gasteiger partial charge in [-0.05, 0) is 48.2 Å². The highest BCUT2D eigenvalue weighted by molar-refractivity contribution is 5.95. The average Bonchev–Trinajstić information content (AvgIpc) is 2.96. The lowest BCUT2D eigenvalue weighted by Gasteiger charge is -2.27. The number of rotatable bonds is 3. The van der Waals surface area contributed by atoms with Crippen molar-refractivity contribution < 1.29 is 14.3 Å². The van der Waals surface area contributed by atoms with E-state index in [1.807, 2.05) is 17.0 Å². The number of methoxy groups -OCH3 is 1. The zero-order valence-electron chi connectivity index (χ0n) is 15.7. The minimum atomic E-state index is 0.0600. The Morgan fingerprint density at radius 1 is 1.04 bits per heavy atom. The third-order valence-electron chi connectivity index (χ3n) is 5.33. The maximum absolute atomic E-state index is 12.8. The van der Waals surface area contributed by atoms with Gasteiger partial charge in [-0.2, -0.15) is 0 Å². The number of aromatic nitrogens is 1. The maximum Gasteiger partial charge on any atom is 0.254 e. The Kier molecular flexibility index (Phi) is 5.25. The van der Waals surface area contributed by atoms with Crippen LogP contribution in [0.2, 0.25) is 0 Å². The van der Waals surface area contributed by atoms with Gasteiger partial charge >= 0.3 is 0 Å². The highest BCUT2D eigenvalue weighted by Crippen LogP contribution is 2.24. The fraction of sp³-hybridized carbons (Fsp3) is 0.429. The molecule has 1 amide bonds. The van der Waals surface area contributed by atoms with E-state index in [0.717, 1.165) is 37.5 Å². The molecule has 27 heavy (non-hydrogen) atoms. The molecule has 0 N–H and O–H groups in total. The number of amides is 1. The van der Waals surface area contributed by atoms with Gasteiger partial charge in [-0.25, -0.2) is 4.98 Å². The van der Waals surface area contributed by atoms with E-state index in [2.05, 4.69) is 22.0 Å². The summed E-state index contributed by atoms with van der Waals surface area (Å²) in [5.74, 6) is 1.83. The number of anilines is 1. The van der Waals surface area contributed by atoms with Crippen LogP contribution in [0.5, 0.6) is 5.75 Å². The smallest absolute Gasteiger partial charge is 0.254 e. The Bertz CT molecular complexity index is 818. The van der Waals surface area contributed by atoms with Crippen LogP contribution in [0, 0.1) is 0 Å². The molecule has 4 rings (SSSR count). The lowest BCUT2D eigenvalue weighted by atomic mass is 10.0. The Morgan fingerprint density at radius 3 is 2.59 bits per heavy atom. The van der Waals surface area contributed by atoms with Crippen molar-refractivity contribution >= 4 is 11.7 Å². The first-order valence-corrected chi connectivity index (χ1v) is 9.48. The van der Waals surface area contributed by atoms with Crippen LogP contribution in [0.25, 0.3) is 0 Å². The van der Waals surface area contributed by atoms with Crippen molar-refractivity contribution in [2.75, 3.05) is 51.4 Å². The van der Waals surface area contributed by atoms with Crippen LogP contribution in [0.3, 0.4) is 0 Å². The van der Waals surface area contributed by atoms with Crippen LogP contribution >= 0.6 is 0 Å². The van der Waals surface area contributed by atoms with Crippen molar-refractivity contribution in [1.82, 2.24) is 9.88 Å². The van der Waals surface area contributed by atoms with E-state index >= 15 is 0 Å². The molecule has 0 aliphatic carbocycles. The number of pyridine rings is 1. The van der Waals surface area contributed by atoms with Gasteiger partial charge in [-0.3, -0.25) is 4.79 Å². The number of carbonyl (C=O) groups excluding carboxylic acids is 1. The zero-order valence-corrected chi connectivity index (χ0v) is 15.7. The van der Waals surface area contributed by atoms with Crippen LogP contribution < -0.4 is 9.64 Å². The minimum Gasteiger partial charge on any atom is -0.497 e. The van der Waals surface area contributed by atoms with Crippen molar-refractivity contribution in [3.8, 4) is 5.75 Å². The van der Waals surface area contributed by atoms with Crippen molar-refractivity contribution in [2.45, 2.75) is 12.8 Å². The number of morpholine rings is 1. The first kappa shape index (κ1) is 17.8. The van der Waals surface area contributed by atoms with Crippen LogP contribution in [0.1, 0.15) is 21.5 Å². The number of nitrogens with zero attached hydrogens (tertiary/aromatic N) is 3. The number of carbonyl (C=O) groups is 1. The summed E-state index contributed by atoms with van der Waals surface area (Å²) in [4.78, 5) is 21.4. The summed E-state index contributed by atoms with van der Waals surface area (Å²) >= 11 is 0. The van der Waals surface area contributed by atoms with Crippen LogP contribution in [-0.2, 0) is 17.6 Å². The molecule has 0 spiro atoms. The predicted molar refractivity (Wildman–Crippen MR) is 104 cm³/mol. The maximum atomic E-state index is 12.8. The number of hydrogen-bond donors (Lipinski definition) is 0. The first-order chi connectivity index (χ1) is 13.2. The molecule has 6 nitrogen and oxygen atoms in total. The standard InChI is InChI=1S/C21H25N3O3/c1-26-19-3-2-16-5-8-23(9-6-17(16)14-19)20-15-18(4-7-22-20)21(25)24-10-12-27-13-11-24/h2-4,7,14-15H,5-6,8-13H2,1H3. The van der Waals surface area contributed by atoms with Gasteiger partial charge in [0.15, 0.2) is 0 Å². The molecule has 1 aromatic heterocycles.